The van der Waals surface area contributed by atoms with Crippen molar-refractivity contribution in [2.45, 2.75) is 19.8 Å². The van der Waals surface area contributed by atoms with Crippen LogP contribution in [-0.4, -0.2) is 22.2 Å². The van der Waals surface area contributed by atoms with Crippen LogP contribution in [0.15, 0.2) is 6.20 Å². The van der Waals surface area contributed by atoms with E-state index in [4.69, 9.17) is 5.73 Å². The molecule has 0 unspecified atom stereocenters. The molecule has 0 radical (unpaired) electrons. The van der Waals surface area contributed by atoms with Crippen LogP contribution in [0.2, 0.25) is 0 Å². The van der Waals surface area contributed by atoms with Gasteiger partial charge >= 0.3 is 0 Å². The molecule has 0 aromatic carbocycles. The van der Waals surface area contributed by atoms with E-state index in [2.05, 4.69) is 10.4 Å². The van der Waals surface area contributed by atoms with E-state index in [1.54, 1.807) is 10.9 Å². The van der Waals surface area contributed by atoms with Crippen LogP contribution in [0.4, 0.5) is 5.69 Å². The zero-order valence-electron chi connectivity index (χ0n) is 8.99. The zero-order valence-corrected chi connectivity index (χ0v) is 9.80. The molecule has 0 aliphatic rings. The predicted octanol–water partition coefficient (Wildman–Crippen LogP) is 0.828. The van der Waals surface area contributed by atoms with Crippen molar-refractivity contribution in [2.24, 2.45) is 12.8 Å². The van der Waals surface area contributed by atoms with Crippen molar-refractivity contribution in [1.82, 2.24) is 9.78 Å². The number of hydrogen-bond acceptors (Lipinski definition) is 3. The molecule has 86 valence electrons. The summed E-state index contributed by atoms with van der Waals surface area (Å²) >= 11 is 0. The van der Waals surface area contributed by atoms with Crippen molar-refractivity contribution in [3.8, 4) is 0 Å². The Morgan fingerprint density at radius 1 is 1.67 bits per heavy atom. The fourth-order valence-electron chi connectivity index (χ4n) is 1.10. The maximum absolute atomic E-state index is 11.3. The van der Waals surface area contributed by atoms with Gasteiger partial charge in [0.25, 0.3) is 0 Å². The number of amides is 1. The van der Waals surface area contributed by atoms with E-state index in [9.17, 15) is 4.79 Å². The largest absolute Gasteiger partial charge is 0.330 e. The van der Waals surface area contributed by atoms with Crippen molar-refractivity contribution in [3.05, 3.63) is 11.9 Å². The van der Waals surface area contributed by atoms with Gasteiger partial charge in [-0.25, -0.2) is 0 Å². The van der Waals surface area contributed by atoms with Crippen LogP contribution in [0.25, 0.3) is 0 Å². The van der Waals surface area contributed by atoms with Gasteiger partial charge in [0, 0.05) is 13.5 Å². The lowest BCUT2D eigenvalue weighted by molar-refractivity contribution is -0.116. The molecule has 0 saturated heterocycles. The fraction of sp³-hybridized carbons (Fsp3) is 0.556. The second kappa shape index (κ2) is 6.42. The maximum Gasteiger partial charge on any atom is 0.224 e. The highest BCUT2D eigenvalue weighted by Gasteiger charge is 2.06. The Hall–Kier alpha value is -1.07. The number of nitrogens with two attached hydrogens (primary N) is 1. The molecule has 1 aromatic heterocycles. The number of aromatic nitrogens is 2. The Balaban J connectivity index is 0.00000196. The molecule has 0 fully saturated rings. The van der Waals surface area contributed by atoms with Gasteiger partial charge in [0.15, 0.2) is 0 Å². The van der Waals surface area contributed by atoms with Crippen LogP contribution in [0, 0.1) is 6.92 Å². The van der Waals surface area contributed by atoms with E-state index >= 15 is 0 Å². The first-order valence-electron chi connectivity index (χ1n) is 4.63. The lowest BCUT2D eigenvalue weighted by Gasteiger charge is -2.03. The Morgan fingerprint density at radius 3 is 2.80 bits per heavy atom. The standard InChI is InChI=1S/C9H16N4O.ClH/c1-7-8(6-11-13(7)2)12-9(14)4-3-5-10;/h6H,3-5,10H2,1-2H3,(H,12,14);1H. The summed E-state index contributed by atoms with van der Waals surface area (Å²) in [5, 5.41) is 6.81. The molecule has 3 N–H and O–H groups in total. The molecule has 0 aliphatic carbocycles. The van der Waals surface area contributed by atoms with Gasteiger partial charge in [-0.15, -0.1) is 12.4 Å². The predicted molar refractivity (Wildman–Crippen MR) is 62.1 cm³/mol. The van der Waals surface area contributed by atoms with Crippen molar-refractivity contribution < 1.29 is 4.79 Å². The summed E-state index contributed by atoms with van der Waals surface area (Å²) in [4.78, 5) is 11.3. The lowest BCUT2D eigenvalue weighted by atomic mass is 10.3. The van der Waals surface area contributed by atoms with Gasteiger partial charge in [0.1, 0.15) is 0 Å². The van der Waals surface area contributed by atoms with Gasteiger partial charge in [-0.2, -0.15) is 5.10 Å². The quantitative estimate of drug-likeness (QED) is 0.808. The number of nitrogens with one attached hydrogen (secondary N) is 1. The van der Waals surface area contributed by atoms with E-state index in [0.29, 0.717) is 19.4 Å². The molecular formula is C9H17ClN4O. The van der Waals surface area contributed by atoms with E-state index < -0.39 is 0 Å². The van der Waals surface area contributed by atoms with Gasteiger partial charge < -0.3 is 11.1 Å². The summed E-state index contributed by atoms with van der Waals surface area (Å²) in [6.07, 6.45) is 2.83. The molecule has 1 aromatic rings. The van der Waals surface area contributed by atoms with E-state index in [0.717, 1.165) is 11.4 Å². The number of anilines is 1. The fourth-order valence-corrected chi connectivity index (χ4v) is 1.10. The van der Waals surface area contributed by atoms with Crippen LogP contribution >= 0.6 is 12.4 Å². The zero-order chi connectivity index (χ0) is 10.6. The molecule has 1 heterocycles. The summed E-state index contributed by atoms with van der Waals surface area (Å²) in [5.41, 5.74) is 7.03. The Labute approximate surface area is 95.4 Å². The third-order valence-corrected chi connectivity index (χ3v) is 2.12. The molecular weight excluding hydrogens is 216 g/mol. The minimum atomic E-state index is -0.00782. The average Bonchev–Trinajstić information content (AvgIpc) is 2.46. The van der Waals surface area contributed by atoms with Crippen LogP contribution in [0.5, 0.6) is 0 Å². The van der Waals surface area contributed by atoms with Crippen molar-refractivity contribution >= 4 is 24.0 Å². The van der Waals surface area contributed by atoms with E-state index in [1.165, 1.54) is 0 Å². The molecule has 0 saturated carbocycles. The summed E-state index contributed by atoms with van der Waals surface area (Å²) in [6.45, 7) is 2.45. The van der Waals surface area contributed by atoms with Crippen molar-refractivity contribution in [1.29, 1.82) is 0 Å². The minimum absolute atomic E-state index is 0. The molecule has 6 heteroatoms. The van der Waals surface area contributed by atoms with Crippen LogP contribution in [0.3, 0.4) is 0 Å². The normalized spacial score (nSPS) is 9.53. The topological polar surface area (TPSA) is 72.9 Å². The van der Waals surface area contributed by atoms with Crippen molar-refractivity contribution in [3.63, 3.8) is 0 Å². The number of carbonyl (C=O) groups excluding carboxylic acids is 1. The molecule has 5 nitrogen and oxygen atoms in total. The maximum atomic E-state index is 11.3. The summed E-state index contributed by atoms with van der Waals surface area (Å²) in [6, 6.07) is 0. The van der Waals surface area contributed by atoms with Gasteiger partial charge in [-0.05, 0) is 19.9 Å². The van der Waals surface area contributed by atoms with E-state index in [1.807, 2.05) is 14.0 Å². The van der Waals surface area contributed by atoms with Crippen LogP contribution in [-0.2, 0) is 11.8 Å². The first kappa shape index (κ1) is 13.9. The highest BCUT2D eigenvalue weighted by molar-refractivity contribution is 5.91. The summed E-state index contributed by atoms with van der Waals surface area (Å²) < 4.78 is 1.72. The minimum Gasteiger partial charge on any atom is -0.330 e. The van der Waals surface area contributed by atoms with Gasteiger partial charge in [-0.3, -0.25) is 9.48 Å². The lowest BCUT2D eigenvalue weighted by Crippen LogP contribution is -2.13. The molecule has 0 bridgehead atoms. The SMILES string of the molecule is Cc1c(NC(=O)CCCN)cnn1C.Cl. The second-order valence-electron chi connectivity index (χ2n) is 3.21. The molecule has 15 heavy (non-hydrogen) atoms. The van der Waals surface area contributed by atoms with Gasteiger partial charge in [0.2, 0.25) is 5.91 Å². The molecule has 0 atom stereocenters. The molecule has 1 amide bonds. The first-order chi connectivity index (χ1) is 6.65. The average molecular weight is 233 g/mol. The highest BCUT2D eigenvalue weighted by Crippen LogP contribution is 2.12. The monoisotopic (exact) mass is 232 g/mol. The first-order valence-corrected chi connectivity index (χ1v) is 4.63. The summed E-state index contributed by atoms with van der Waals surface area (Å²) in [7, 11) is 1.84. The number of aryl methyl sites for hydroxylation is 1. The Kier molecular flexibility index (Phi) is 5.96. The Morgan fingerprint density at radius 2 is 2.33 bits per heavy atom. The molecule has 0 spiro atoms. The van der Waals surface area contributed by atoms with Gasteiger partial charge in [-0.1, -0.05) is 0 Å². The third kappa shape index (κ3) is 3.89. The highest BCUT2D eigenvalue weighted by atomic mass is 35.5. The number of rotatable bonds is 4. The number of hydrogen-bond donors (Lipinski definition) is 2. The number of carbonyl (C=O) groups is 1. The van der Waals surface area contributed by atoms with Crippen molar-refractivity contribution in [2.75, 3.05) is 11.9 Å². The smallest absolute Gasteiger partial charge is 0.224 e. The third-order valence-electron chi connectivity index (χ3n) is 2.12. The van der Waals surface area contributed by atoms with Gasteiger partial charge in [0.05, 0.1) is 17.6 Å². The molecule has 1 rings (SSSR count). The number of halogens is 1. The van der Waals surface area contributed by atoms with E-state index in [-0.39, 0.29) is 18.3 Å². The summed E-state index contributed by atoms with van der Waals surface area (Å²) in [5.74, 6) is -0.00782. The molecule has 0 aliphatic heterocycles. The van der Waals surface area contributed by atoms with Crippen LogP contribution < -0.4 is 11.1 Å². The number of nitrogens with zero attached hydrogens (tertiary/aromatic N) is 2. The van der Waals surface area contributed by atoms with Crippen LogP contribution in [0.1, 0.15) is 18.5 Å². The Bertz CT molecular complexity index is 324. The second-order valence-corrected chi connectivity index (χ2v) is 3.21.